The standard InChI is InChI=1S/C12H25N3O/c1-12(2,10-13)11(16)14-6-9-15-7-4-3-5-8-15/h3-10,13H2,1-2H3,(H,14,16). The minimum atomic E-state index is -0.443. The molecule has 0 aromatic carbocycles. The monoisotopic (exact) mass is 227 g/mol. The fourth-order valence-corrected chi connectivity index (χ4v) is 1.84. The Hall–Kier alpha value is -0.610. The molecule has 0 aliphatic carbocycles. The highest BCUT2D eigenvalue weighted by Gasteiger charge is 2.25. The van der Waals surface area contributed by atoms with E-state index in [0.29, 0.717) is 6.54 Å². The normalized spacial score (nSPS) is 18.4. The van der Waals surface area contributed by atoms with Gasteiger partial charge in [-0.2, -0.15) is 0 Å². The molecule has 1 rings (SSSR count). The zero-order valence-corrected chi connectivity index (χ0v) is 10.6. The molecule has 0 aromatic heterocycles. The summed E-state index contributed by atoms with van der Waals surface area (Å²) in [7, 11) is 0. The van der Waals surface area contributed by atoms with Gasteiger partial charge in [0.25, 0.3) is 0 Å². The first-order valence-corrected chi connectivity index (χ1v) is 6.27. The summed E-state index contributed by atoms with van der Waals surface area (Å²) in [5.74, 6) is 0.0620. The summed E-state index contributed by atoms with van der Waals surface area (Å²) in [6.07, 6.45) is 3.94. The van der Waals surface area contributed by atoms with Gasteiger partial charge in [-0.25, -0.2) is 0 Å². The van der Waals surface area contributed by atoms with E-state index >= 15 is 0 Å². The molecular weight excluding hydrogens is 202 g/mol. The van der Waals surface area contributed by atoms with Gasteiger partial charge in [-0.05, 0) is 39.8 Å². The van der Waals surface area contributed by atoms with Crippen molar-refractivity contribution in [3.05, 3.63) is 0 Å². The van der Waals surface area contributed by atoms with Crippen LogP contribution in [0, 0.1) is 5.41 Å². The van der Waals surface area contributed by atoms with Gasteiger partial charge >= 0.3 is 0 Å². The van der Waals surface area contributed by atoms with Gasteiger partial charge in [-0.1, -0.05) is 6.42 Å². The highest BCUT2D eigenvalue weighted by molar-refractivity contribution is 5.81. The van der Waals surface area contributed by atoms with E-state index in [2.05, 4.69) is 10.2 Å². The second-order valence-corrected chi connectivity index (χ2v) is 5.25. The van der Waals surface area contributed by atoms with Crippen LogP contribution in [0.15, 0.2) is 0 Å². The molecule has 0 atom stereocenters. The van der Waals surface area contributed by atoms with Gasteiger partial charge in [-0.15, -0.1) is 0 Å². The number of rotatable bonds is 5. The van der Waals surface area contributed by atoms with E-state index in [1.54, 1.807) is 0 Å². The number of carbonyl (C=O) groups excluding carboxylic acids is 1. The largest absolute Gasteiger partial charge is 0.354 e. The topological polar surface area (TPSA) is 58.4 Å². The maximum absolute atomic E-state index is 11.7. The van der Waals surface area contributed by atoms with Crippen LogP contribution in [0.3, 0.4) is 0 Å². The molecule has 0 unspecified atom stereocenters. The molecule has 0 aromatic rings. The van der Waals surface area contributed by atoms with Crippen LogP contribution >= 0.6 is 0 Å². The number of hydrogen-bond acceptors (Lipinski definition) is 3. The number of amides is 1. The molecule has 0 spiro atoms. The predicted molar refractivity (Wildman–Crippen MR) is 66.1 cm³/mol. The third-order valence-electron chi connectivity index (χ3n) is 3.29. The predicted octanol–water partition coefficient (Wildman–Crippen LogP) is 0.573. The van der Waals surface area contributed by atoms with E-state index in [1.807, 2.05) is 13.8 Å². The average Bonchev–Trinajstić information content (AvgIpc) is 2.30. The molecule has 0 saturated carbocycles. The molecule has 1 heterocycles. The Kier molecular flexibility index (Phi) is 5.22. The zero-order chi connectivity index (χ0) is 12.0. The van der Waals surface area contributed by atoms with Crippen LogP contribution in [0.4, 0.5) is 0 Å². The number of nitrogens with zero attached hydrogens (tertiary/aromatic N) is 1. The van der Waals surface area contributed by atoms with Crippen molar-refractivity contribution in [3.8, 4) is 0 Å². The number of piperidine rings is 1. The molecule has 1 fully saturated rings. The fourth-order valence-electron chi connectivity index (χ4n) is 1.84. The maximum Gasteiger partial charge on any atom is 0.226 e. The lowest BCUT2D eigenvalue weighted by Gasteiger charge is -2.27. The molecule has 94 valence electrons. The number of nitrogens with one attached hydrogen (secondary N) is 1. The molecule has 1 aliphatic heterocycles. The minimum absolute atomic E-state index is 0.0620. The van der Waals surface area contributed by atoms with Crippen LogP contribution in [-0.2, 0) is 4.79 Å². The minimum Gasteiger partial charge on any atom is -0.354 e. The molecule has 1 amide bonds. The van der Waals surface area contributed by atoms with Gasteiger partial charge in [0.05, 0.1) is 5.41 Å². The summed E-state index contributed by atoms with van der Waals surface area (Å²) in [6, 6.07) is 0. The second kappa shape index (κ2) is 6.21. The van der Waals surface area contributed by atoms with Gasteiger partial charge < -0.3 is 16.0 Å². The first-order valence-electron chi connectivity index (χ1n) is 6.27. The zero-order valence-electron chi connectivity index (χ0n) is 10.6. The molecular formula is C12H25N3O. The second-order valence-electron chi connectivity index (χ2n) is 5.25. The molecule has 0 bridgehead atoms. The Labute approximate surface area is 98.6 Å². The summed E-state index contributed by atoms with van der Waals surface area (Å²) in [5, 5.41) is 2.96. The van der Waals surface area contributed by atoms with Crippen LogP contribution in [-0.4, -0.2) is 43.5 Å². The third kappa shape index (κ3) is 4.10. The number of nitrogens with two attached hydrogens (primary N) is 1. The number of hydrogen-bond donors (Lipinski definition) is 2. The first-order chi connectivity index (χ1) is 7.56. The van der Waals surface area contributed by atoms with Gasteiger partial charge in [0.1, 0.15) is 0 Å². The van der Waals surface area contributed by atoms with Crippen molar-refractivity contribution in [2.45, 2.75) is 33.1 Å². The van der Waals surface area contributed by atoms with E-state index in [-0.39, 0.29) is 5.91 Å². The van der Waals surface area contributed by atoms with Gasteiger partial charge in [0.2, 0.25) is 5.91 Å². The Morgan fingerprint density at radius 1 is 1.31 bits per heavy atom. The molecule has 1 saturated heterocycles. The molecule has 1 aliphatic rings. The molecule has 4 heteroatoms. The van der Waals surface area contributed by atoms with Crippen molar-refractivity contribution in [3.63, 3.8) is 0 Å². The van der Waals surface area contributed by atoms with E-state index in [9.17, 15) is 4.79 Å². The maximum atomic E-state index is 11.7. The van der Waals surface area contributed by atoms with Gasteiger partial charge in [-0.3, -0.25) is 4.79 Å². The summed E-state index contributed by atoms with van der Waals surface area (Å²) in [4.78, 5) is 14.1. The smallest absolute Gasteiger partial charge is 0.226 e. The Morgan fingerprint density at radius 2 is 1.94 bits per heavy atom. The van der Waals surface area contributed by atoms with Crippen LogP contribution in [0.25, 0.3) is 0 Å². The summed E-state index contributed by atoms with van der Waals surface area (Å²) in [6.45, 7) is 8.20. The Balaban J connectivity index is 2.17. The lowest BCUT2D eigenvalue weighted by atomic mass is 9.93. The van der Waals surface area contributed by atoms with E-state index in [0.717, 1.165) is 13.1 Å². The fraction of sp³-hybridized carbons (Fsp3) is 0.917. The van der Waals surface area contributed by atoms with Crippen molar-refractivity contribution in [2.24, 2.45) is 11.1 Å². The number of likely N-dealkylation sites (tertiary alicyclic amines) is 1. The Morgan fingerprint density at radius 3 is 2.50 bits per heavy atom. The highest BCUT2D eigenvalue weighted by Crippen LogP contribution is 2.12. The van der Waals surface area contributed by atoms with Crippen LogP contribution in [0.2, 0.25) is 0 Å². The summed E-state index contributed by atoms with van der Waals surface area (Å²) >= 11 is 0. The van der Waals surface area contributed by atoms with E-state index < -0.39 is 5.41 Å². The van der Waals surface area contributed by atoms with Crippen molar-refractivity contribution in [1.82, 2.24) is 10.2 Å². The van der Waals surface area contributed by atoms with Crippen LogP contribution in [0.1, 0.15) is 33.1 Å². The average molecular weight is 227 g/mol. The third-order valence-corrected chi connectivity index (χ3v) is 3.29. The van der Waals surface area contributed by atoms with Crippen LogP contribution < -0.4 is 11.1 Å². The highest BCUT2D eigenvalue weighted by atomic mass is 16.2. The summed E-state index contributed by atoms with van der Waals surface area (Å²) < 4.78 is 0. The SMILES string of the molecule is CC(C)(CN)C(=O)NCCN1CCCCC1. The quantitative estimate of drug-likeness (QED) is 0.722. The van der Waals surface area contributed by atoms with Gasteiger partial charge in [0.15, 0.2) is 0 Å². The molecule has 0 radical (unpaired) electrons. The van der Waals surface area contributed by atoms with Crippen molar-refractivity contribution in [1.29, 1.82) is 0 Å². The summed E-state index contributed by atoms with van der Waals surface area (Å²) in [5.41, 5.74) is 5.11. The van der Waals surface area contributed by atoms with E-state index in [1.165, 1.54) is 32.4 Å². The lowest BCUT2D eigenvalue weighted by Crippen LogP contribution is -2.45. The van der Waals surface area contributed by atoms with Crippen LogP contribution in [0.5, 0.6) is 0 Å². The van der Waals surface area contributed by atoms with Crippen molar-refractivity contribution in [2.75, 3.05) is 32.7 Å². The lowest BCUT2D eigenvalue weighted by molar-refractivity contribution is -0.128. The number of carbonyl (C=O) groups is 1. The molecule has 4 nitrogen and oxygen atoms in total. The van der Waals surface area contributed by atoms with E-state index in [4.69, 9.17) is 5.73 Å². The van der Waals surface area contributed by atoms with Crippen molar-refractivity contribution >= 4 is 5.91 Å². The molecule has 3 N–H and O–H groups in total. The Bertz CT molecular complexity index is 222. The first kappa shape index (κ1) is 13.5. The molecule has 16 heavy (non-hydrogen) atoms. The van der Waals surface area contributed by atoms with Crippen molar-refractivity contribution < 1.29 is 4.79 Å². The van der Waals surface area contributed by atoms with Gasteiger partial charge in [0, 0.05) is 19.6 Å².